The number of furan rings is 1. The first kappa shape index (κ1) is 17.9. The molecular weight excluding hydrogens is 336 g/mol. The van der Waals surface area contributed by atoms with Crippen molar-refractivity contribution < 1.29 is 14.1 Å². The molecule has 1 atom stereocenters. The Hall–Kier alpha value is -2.87. The third kappa shape index (κ3) is 5.32. The Morgan fingerprint density at radius 2 is 2.12 bits per heavy atom. The molecule has 1 saturated heterocycles. The fourth-order valence-corrected chi connectivity index (χ4v) is 2.64. The minimum Gasteiger partial charge on any atom is -0.467 e. The van der Waals surface area contributed by atoms with Crippen molar-refractivity contribution in [3.63, 3.8) is 0 Å². The number of nitro groups is 1. The first-order valence-electron chi connectivity index (χ1n) is 8.56. The van der Waals surface area contributed by atoms with Crippen LogP contribution in [0.3, 0.4) is 0 Å². The average Bonchev–Trinajstić information content (AvgIpc) is 3.35. The van der Waals surface area contributed by atoms with Gasteiger partial charge >= 0.3 is 0 Å². The molecule has 0 amide bonds. The largest absolute Gasteiger partial charge is 0.467 e. The Bertz CT molecular complexity index is 722. The summed E-state index contributed by atoms with van der Waals surface area (Å²) < 4.78 is 10.7. The van der Waals surface area contributed by atoms with Crippen molar-refractivity contribution in [2.45, 2.75) is 19.5 Å². The lowest BCUT2D eigenvalue weighted by atomic mass is 10.1. The van der Waals surface area contributed by atoms with E-state index in [0.29, 0.717) is 25.0 Å². The van der Waals surface area contributed by atoms with Crippen molar-refractivity contribution in [2.24, 2.45) is 10.9 Å². The third-order valence-electron chi connectivity index (χ3n) is 4.16. The van der Waals surface area contributed by atoms with E-state index in [1.54, 1.807) is 18.4 Å². The van der Waals surface area contributed by atoms with Gasteiger partial charge in [-0.25, -0.2) is 4.99 Å². The lowest BCUT2D eigenvalue weighted by Gasteiger charge is -2.14. The number of rotatable bonds is 7. The predicted molar refractivity (Wildman–Crippen MR) is 96.7 cm³/mol. The molecule has 0 bridgehead atoms. The molecule has 26 heavy (non-hydrogen) atoms. The number of aliphatic imine (C=N–C) groups is 1. The lowest BCUT2D eigenvalue weighted by molar-refractivity contribution is -0.384. The number of hydrogen-bond donors (Lipinski definition) is 2. The van der Waals surface area contributed by atoms with E-state index >= 15 is 0 Å². The summed E-state index contributed by atoms with van der Waals surface area (Å²) in [7, 11) is 0. The highest BCUT2D eigenvalue weighted by atomic mass is 16.6. The molecule has 3 rings (SSSR count). The predicted octanol–water partition coefficient (Wildman–Crippen LogP) is 2.46. The van der Waals surface area contributed by atoms with Crippen molar-refractivity contribution >= 4 is 11.6 Å². The molecule has 138 valence electrons. The van der Waals surface area contributed by atoms with E-state index in [1.807, 2.05) is 12.1 Å². The van der Waals surface area contributed by atoms with Crippen molar-refractivity contribution in [2.75, 3.05) is 19.8 Å². The standard InChI is InChI=1S/C18H22N4O4/c23-22(24)16-5-3-14(4-6-16)10-19-18(20-11-15-7-9-25-13-15)21-12-17-2-1-8-26-17/h1-6,8,15H,7,9-13H2,(H2,19,20,21). The topological polar surface area (TPSA) is 102 Å². The van der Waals surface area contributed by atoms with Crippen LogP contribution in [0.1, 0.15) is 17.7 Å². The molecule has 1 aromatic heterocycles. The zero-order valence-corrected chi connectivity index (χ0v) is 14.4. The number of ether oxygens (including phenoxy) is 1. The highest BCUT2D eigenvalue weighted by Crippen LogP contribution is 2.13. The number of nitrogens with one attached hydrogen (secondary N) is 2. The van der Waals surface area contributed by atoms with Crippen molar-refractivity contribution in [3.8, 4) is 0 Å². The monoisotopic (exact) mass is 358 g/mol. The summed E-state index contributed by atoms with van der Waals surface area (Å²) in [5.74, 6) is 1.97. The van der Waals surface area contributed by atoms with Gasteiger partial charge in [0.1, 0.15) is 5.76 Å². The second-order valence-electron chi connectivity index (χ2n) is 6.13. The van der Waals surface area contributed by atoms with Gasteiger partial charge in [-0.3, -0.25) is 10.1 Å². The molecule has 1 aliphatic heterocycles. The molecule has 1 fully saturated rings. The minimum absolute atomic E-state index is 0.0771. The van der Waals surface area contributed by atoms with Crippen molar-refractivity contribution in [3.05, 3.63) is 64.1 Å². The van der Waals surface area contributed by atoms with Crippen LogP contribution in [0.4, 0.5) is 5.69 Å². The van der Waals surface area contributed by atoms with Gasteiger partial charge in [0.05, 0.1) is 30.9 Å². The molecule has 0 radical (unpaired) electrons. The van der Waals surface area contributed by atoms with Gasteiger partial charge in [-0.2, -0.15) is 0 Å². The van der Waals surface area contributed by atoms with Crippen molar-refractivity contribution in [1.82, 2.24) is 10.6 Å². The second-order valence-corrected chi connectivity index (χ2v) is 6.13. The van der Waals surface area contributed by atoms with Gasteiger partial charge in [-0.05, 0) is 24.1 Å². The van der Waals surface area contributed by atoms with Crippen LogP contribution < -0.4 is 10.6 Å². The van der Waals surface area contributed by atoms with Gasteiger partial charge in [0.15, 0.2) is 5.96 Å². The minimum atomic E-state index is -0.408. The summed E-state index contributed by atoms with van der Waals surface area (Å²) in [6, 6.07) is 10.2. The summed E-state index contributed by atoms with van der Waals surface area (Å²) in [6.07, 6.45) is 2.68. The SMILES string of the molecule is O=[N+]([O-])c1ccc(CN=C(NCc2ccco2)NCC2CCOC2)cc1. The van der Waals surface area contributed by atoms with Gasteiger partial charge < -0.3 is 19.8 Å². The van der Waals surface area contributed by atoms with Gasteiger partial charge in [0.25, 0.3) is 5.69 Å². The molecule has 1 aliphatic rings. The number of guanidine groups is 1. The summed E-state index contributed by atoms with van der Waals surface area (Å²) in [6.45, 7) is 3.30. The van der Waals surface area contributed by atoms with Gasteiger partial charge in [-0.1, -0.05) is 12.1 Å². The van der Waals surface area contributed by atoms with Gasteiger partial charge in [0.2, 0.25) is 0 Å². The molecule has 1 unspecified atom stereocenters. The second kappa shape index (κ2) is 9.00. The number of nitrogens with zero attached hydrogens (tertiary/aromatic N) is 2. The molecule has 8 nitrogen and oxygen atoms in total. The van der Waals surface area contributed by atoms with Crippen LogP contribution in [0, 0.1) is 16.0 Å². The number of nitro benzene ring substituents is 1. The van der Waals surface area contributed by atoms with E-state index in [4.69, 9.17) is 9.15 Å². The van der Waals surface area contributed by atoms with Crippen LogP contribution in [0.2, 0.25) is 0 Å². The summed E-state index contributed by atoms with van der Waals surface area (Å²) in [5.41, 5.74) is 0.979. The highest BCUT2D eigenvalue weighted by Gasteiger charge is 2.15. The fourth-order valence-electron chi connectivity index (χ4n) is 2.64. The molecule has 1 aromatic carbocycles. The van der Waals surface area contributed by atoms with E-state index in [2.05, 4.69) is 15.6 Å². The van der Waals surface area contributed by atoms with Crippen LogP contribution in [0.25, 0.3) is 0 Å². The molecule has 0 saturated carbocycles. The first-order chi connectivity index (χ1) is 12.7. The molecular formula is C18H22N4O4. The van der Waals surface area contributed by atoms with Crippen LogP contribution in [0.15, 0.2) is 52.1 Å². The van der Waals surface area contributed by atoms with Gasteiger partial charge in [-0.15, -0.1) is 0 Å². The van der Waals surface area contributed by atoms with E-state index in [9.17, 15) is 10.1 Å². The van der Waals surface area contributed by atoms with Crippen LogP contribution in [0.5, 0.6) is 0 Å². The maximum atomic E-state index is 10.7. The van der Waals surface area contributed by atoms with E-state index in [-0.39, 0.29) is 5.69 Å². The Morgan fingerprint density at radius 1 is 1.27 bits per heavy atom. The smallest absolute Gasteiger partial charge is 0.269 e. The van der Waals surface area contributed by atoms with Gasteiger partial charge in [0, 0.05) is 31.2 Å². The summed E-state index contributed by atoms with van der Waals surface area (Å²) in [4.78, 5) is 14.9. The molecule has 0 spiro atoms. The zero-order chi connectivity index (χ0) is 18.2. The number of hydrogen-bond acceptors (Lipinski definition) is 5. The number of benzene rings is 1. The maximum absolute atomic E-state index is 10.7. The van der Waals surface area contributed by atoms with Crippen molar-refractivity contribution in [1.29, 1.82) is 0 Å². The zero-order valence-electron chi connectivity index (χ0n) is 14.4. The van der Waals surface area contributed by atoms with Crippen LogP contribution >= 0.6 is 0 Å². The lowest BCUT2D eigenvalue weighted by Crippen LogP contribution is -2.39. The summed E-state index contributed by atoms with van der Waals surface area (Å²) >= 11 is 0. The molecule has 8 heteroatoms. The Kier molecular flexibility index (Phi) is 6.21. The molecule has 2 N–H and O–H groups in total. The quantitative estimate of drug-likeness (QED) is 0.341. The molecule has 2 heterocycles. The third-order valence-corrected chi connectivity index (χ3v) is 4.16. The Morgan fingerprint density at radius 3 is 2.77 bits per heavy atom. The van der Waals surface area contributed by atoms with E-state index in [0.717, 1.165) is 37.5 Å². The van der Waals surface area contributed by atoms with E-state index in [1.165, 1.54) is 12.1 Å². The average molecular weight is 358 g/mol. The summed E-state index contributed by atoms with van der Waals surface area (Å²) in [5, 5.41) is 17.3. The van der Waals surface area contributed by atoms with E-state index < -0.39 is 4.92 Å². The molecule has 0 aliphatic carbocycles. The van der Waals surface area contributed by atoms with Crippen LogP contribution in [-0.4, -0.2) is 30.6 Å². The highest BCUT2D eigenvalue weighted by molar-refractivity contribution is 5.79. The fraction of sp³-hybridized carbons (Fsp3) is 0.389. The molecule has 2 aromatic rings. The maximum Gasteiger partial charge on any atom is 0.269 e. The Balaban J connectivity index is 1.59. The normalized spacial score (nSPS) is 17.2. The van der Waals surface area contributed by atoms with Crippen LogP contribution in [-0.2, 0) is 17.8 Å². The Labute approximate surface area is 151 Å². The first-order valence-corrected chi connectivity index (χ1v) is 8.56. The number of non-ortho nitro benzene ring substituents is 1.